The molecule has 1 saturated heterocycles. The first-order valence-corrected chi connectivity index (χ1v) is 10.2. The van der Waals surface area contributed by atoms with E-state index in [2.05, 4.69) is 32.3 Å². The van der Waals surface area contributed by atoms with Crippen LogP contribution >= 0.6 is 0 Å². The maximum atomic E-state index is 11.8. The molecule has 10 nitrogen and oxygen atoms in total. The zero-order valence-electron chi connectivity index (χ0n) is 17.4. The highest BCUT2D eigenvalue weighted by atomic mass is 16.6. The van der Waals surface area contributed by atoms with Gasteiger partial charge in [-0.05, 0) is 24.6 Å². The van der Waals surface area contributed by atoms with Gasteiger partial charge in [-0.3, -0.25) is 4.90 Å². The van der Waals surface area contributed by atoms with Crippen LogP contribution < -0.4 is 15.0 Å². The van der Waals surface area contributed by atoms with Gasteiger partial charge in [0.1, 0.15) is 24.2 Å². The third-order valence-electron chi connectivity index (χ3n) is 4.90. The summed E-state index contributed by atoms with van der Waals surface area (Å²) in [6, 6.07) is 8.88. The molecule has 1 atom stereocenters. The van der Waals surface area contributed by atoms with E-state index in [1.165, 1.54) is 4.90 Å². The number of aromatic nitrogens is 4. The van der Waals surface area contributed by atoms with Gasteiger partial charge in [0, 0.05) is 11.8 Å². The third-order valence-corrected chi connectivity index (χ3v) is 4.90. The van der Waals surface area contributed by atoms with Crippen LogP contribution in [-0.4, -0.2) is 46.5 Å². The lowest BCUT2D eigenvalue weighted by molar-refractivity contribution is 0.181. The molecule has 1 aromatic carbocycles. The SMILES string of the molecule is CCCCC(Nc1nccc(N2CCOC2=O)n1)c1nc(-c2cccc(OC)c2)no1. The van der Waals surface area contributed by atoms with Gasteiger partial charge in [-0.2, -0.15) is 9.97 Å². The molecule has 0 radical (unpaired) electrons. The molecule has 1 aliphatic heterocycles. The lowest BCUT2D eigenvalue weighted by Crippen LogP contribution is -2.25. The van der Waals surface area contributed by atoms with Gasteiger partial charge in [-0.1, -0.05) is 37.1 Å². The van der Waals surface area contributed by atoms with Gasteiger partial charge in [0.15, 0.2) is 0 Å². The fraction of sp³-hybridized carbons (Fsp3) is 0.381. The molecule has 4 rings (SSSR count). The number of nitrogens with zero attached hydrogens (tertiary/aromatic N) is 5. The number of rotatable bonds is 9. The van der Waals surface area contributed by atoms with Crippen molar-refractivity contribution in [3.8, 4) is 17.1 Å². The normalized spacial score (nSPS) is 14.4. The molecule has 1 N–H and O–H groups in total. The van der Waals surface area contributed by atoms with Crippen molar-refractivity contribution in [2.75, 3.05) is 30.5 Å². The van der Waals surface area contributed by atoms with Crippen molar-refractivity contribution in [1.82, 2.24) is 20.1 Å². The average molecular weight is 424 g/mol. The number of nitrogens with one attached hydrogen (secondary N) is 1. The van der Waals surface area contributed by atoms with Gasteiger partial charge in [-0.25, -0.2) is 9.78 Å². The Morgan fingerprint density at radius 1 is 1.29 bits per heavy atom. The summed E-state index contributed by atoms with van der Waals surface area (Å²) >= 11 is 0. The zero-order valence-corrected chi connectivity index (χ0v) is 17.4. The standard InChI is InChI=1S/C21H24N6O4/c1-3-4-8-16(19-25-18(26-31-19)14-6-5-7-15(13-14)29-2)23-20-22-10-9-17(24-20)27-11-12-30-21(27)28/h5-7,9-10,13,16H,3-4,8,11-12H2,1-2H3,(H,22,23,24). The van der Waals surface area contributed by atoms with E-state index in [9.17, 15) is 4.79 Å². The van der Waals surface area contributed by atoms with E-state index >= 15 is 0 Å². The minimum absolute atomic E-state index is 0.271. The molecule has 0 saturated carbocycles. The molecule has 2 aromatic heterocycles. The predicted octanol–water partition coefficient (Wildman–Crippen LogP) is 3.84. The van der Waals surface area contributed by atoms with E-state index in [1.807, 2.05) is 24.3 Å². The van der Waals surface area contributed by atoms with E-state index in [4.69, 9.17) is 14.0 Å². The summed E-state index contributed by atoms with van der Waals surface area (Å²) in [5, 5.41) is 7.41. The number of amides is 1. The van der Waals surface area contributed by atoms with Gasteiger partial charge < -0.3 is 19.3 Å². The predicted molar refractivity (Wildman–Crippen MR) is 113 cm³/mol. The van der Waals surface area contributed by atoms with Crippen LogP contribution in [0.3, 0.4) is 0 Å². The Hall–Kier alpha value is -3.69. The van der Waals surface area contributed by atoms with Crippen LogP contribution in [0.25, 0.3) is 11.4 Å². The average Bonchev–Trinajstić information content (AvgIpc) is 3.46. The van der Waals surface area contributed by atoms with Crippen molar-refractivity contribution in [2.45, 2.75) is 32.2 Å². The first-order chi connectivity index (χ1) is 15.2. The molecule has 3 heterocycles. The Labute approximate surface area is 179 Å². The van der Waals surface area contributed by atoms with Crippen molar-refractivity contribution >= 4 is 17.9 Å². The number of hydrogen-bond acceptors (Lipinski definition) is 9. The van der Waals surface area contributed by atoms with Gasteiger partial charge in [-0.15, -0.1) is 0 Å². The number of anilines is 2. The quantitative estimate of drug-likeness (QED) is 0.547. The Morgan fingerprint density at radius 3 is 2.97 bits per heavy atom. The van der Waals surface area contributed by atoms with Crippen molar-refractivity contribution in [2.24, 2.45) is 0 Å². The zero-order chi connectivity index (χ0) is 21.6. The lowest BCUT2D eigenvalue weighted by Gasteiger charge is -2.16. The Kier molecular flexibility index (Phi) is 6.25. The first-order valence-electron chi connectivity index (χ1n) is 10.2. The monoisotopic (exact) mass is 424 g/mol. The Balaban J connectivity index is 1.56. The molecule has 0 aliphatic carbocycles. The molecular weight excluding hydrogens is 400 g/mol. The maximum Gasteiger partial charge on any atom is 0.415 e. The van der Waals surface area contributed by atoms with E-state index < -0.39 is 6.09 Å². The van der Waals surface area contributed by atoms with Crippen LogP contribution in [0.4, 0.5) is 16.6 Å². The summed E-state index contributed by atoms with van der Waals surface area (Å²) in [6.45, 7) is 2.92. The summed E-state index contributed by atoms with van der Waals surface area (Å²) < 4.78 is 15.8. The molecule has 0 spiro atoms. The highest BCUT2D eigenvalue weighted by molar-refractivity contribution is 5.88. The molecule has 3 aromatic rings. The molecule has 162 valence electrons. The highest BCUT2D eigenvalue weighted by Crippen LogP contribution is 2.27. The molecule has 31 heavy (non-hydrogen) atoms. The maximum absolute atomic E-state index is 11.8. The van der Waals surface area contributed by atoms with Gasteiger partial charge in [0.05, 0.1) is 13.7 Å². The Morgan fingerprint density at radius 2 is 2.19 bits per heavy atom. The number of hydrogen-bond donors (Lipinski definition) is 1. The Bertz CT molecular complexity index is 1040. The van der Waals surface area contributed by atoms with Gasteiger partial charge >= 0.3 is 6.09 Å². The summed E-state index contributed by atoms with van der Waals surface area (Å²) in [7, 11) is 1.61. The van der Waals surface area contributed by atoms with E-state index in [1.54, 1.807) is 19.4 Å². The van der Waals surface area contributed by atoms with Crippen LogP contribution in [0.15, 0.2) is 41.1 Å². The number of unbranched alkanes of at least 4 members (excludes halogenated alkanes) is 1. The number of carbonyl (C=O) groups excluding carboxylic acids is 1. The van der Waals surface area contributed by atoms with E-state index in [0.717, 1.165) is 30.6 Å². The molecule has 1 fully saturated rings. The molecule has 0 bridgehead atoms. The number of benzene rings is 1. The van der Waals surface area contributed by atoms with Crippen LogP contribution in [0.1, 0.15) is 38.1 Å². The van der Waals surface area contributed by atoms with Crippen molar-refractivity contribution < 1.29 is 18.8 Å². The fourth-order valence-electron chi connectivity index (χ4n) is 3.25. The third kappa shape index (κ3) is 4.73. The molecule has 1 unspecified atom stereocenters. The summed E-state index contributed by atoms with van der Waals surface area (Å²) in [5.41, 5.74) is 0.800. The van der Waals surface area contributed by atoms with E-state index in [0.29, 0.717) is 36.6 Å². The number of carbonyl (C=O) groups is 1. The lowest BCUT2D eigenvalue weighted by atomic mass is 10.1. The number of cyclic esters (lactones) is 1. The highest BCUT2D eigenvalue weighted by Gasteiger charge is 2.26. The number of ether oxygens (including phenoxy) is 2. The van der Waals surface area contributed by atoms with Crippen LogP contribution in [-0.2, 0) is 4.74 Å². The molecule has 1 amide bonds. The van der Waals surface area contributed by atoms with Gasteiger partial charge in [0.25, 0.3) is 0 Å². The minimum atomic E-state index is -0.410. The molecule has 1 aliphatic rings. The topological polar surface area (TPSA) is 116 Å². The fourth-order valence-corrected chi connectivity index (χ4v) is 3.25. The second kappa shape index (κ2) is 9.41. The second-order valence-corrected chi connectivity index (χ2v) is 7.03. The second-order valence-electron chi connectivity index (χ2n) is 7.03. The largest absolute Gasteiger partial charge is 0.497 e. The summed E-state index contributed by atoms with van der Waals surface area (Å²) in [6.07, 6.45) is 3.91. The molecule has 10 heteroatoms. The first kappa shape index (κ1) is 20.6. The van der Waals surface area contributed by atoms with Crippen molar-refractivity contribution in [3.05, 3.63) is 42.4 Å². The number of methoxy groups -OCH3 is 1. The molecular formula is C21H24N6O4. The van der Waals surface area contributed by atoms with Crippen molar-refractivity contribution in [1.29, 1.82) is 0 Å². The van der Waals surface area contributed by atoms with Crippen LogP contribution in [0, 0.1) is 0 Å². The smallest absolute Gasteiger partial charge is 0.415 e. The van der Waals surface area contributed by atoms with Crippen molar-refractivity contribution in [3.63, 3.8) is 0 Å². The summed E-state index contributed by atoms with van der Waals surface area (Å²) in [5.74, 6) is 2.50. The van der Waals surface area contributed by atoms with Crippen LogP contribution in [0.5, 0.6) is 5.75 Å². The van der Waals surface area contributed by atoms with Gasteiger partial charge in [0.2, 0.25) is 17.7 Å². The van der Waals surface area contributed by atoms with E-state index in [-0.39, 0.29) is 6.04 Å². The minimum Gasteiger partial charge on any atom is -0.497 e. The van der Waals surface area contributed by atoms with Crippen LogP contribution in [0.2, 0.25) is 0 Å². The summed E-state index contributed by atoms with van der Waals surface area (Å²) in [4.78, 5) is 26.6.